The zero-order valence-electron chi connectivity index (χ0n) is 11.8. The first-order valence-corrected chi connectivity index (χ1v) is 9.84. The van der Waals surface area contributed by atoms with Gasteiger partial charge < -0.3 is 4.74 Å². The summed E-state index contributed by atoms with van der Waals surface area (Å²) in [6, 6.07) is 2.83. The molecule has 3 nitrogen and oxygen atoms in total. The normalized spacial score (nSPS) is 26.6. The molecule has 0 radical (unpaired) electrons. The van der Waals surface area contributed by atoms with Gasteiger partial charge >= 0.3 is 0 Å². The molecule has 7 heteroatoms. The van der Waals surface area contributed by atoms with Gasteiger partial charge in [-0.2, -0.15) is 0 Å². The molecule has 2 rings (SSSR count). The molecule has 21 heavy (non-hydrogen) atoms. The molecule has 0 aliphatic heterocycles. The second-order valence-corrected chi connectivity index (χ2v) is 9.08. The van der Waals surface area contributed by atoms with Gasteiger partial charge in [0, 0.05) is 10.7 Å². The Bertz CT molecular complexity index is 621. The number of ether oxygens (including phenoxy) is 1. The average Bonchev–Trinajstić information content (AvgIpc) is 2.32. The topological polar surface area (TPSA) is 43.4 Å². The van der Waals surface area contributed by atoms with Gasteiger partial charge in [-0.15, -0.1) is 0 Å². The maximum absolute atomic E-state index is 11.4. The summed E-state index contributed by atoms with van der Waals surface area (Å²) in [6.45, 7) is 4.40. The van der Waals surface area contributed by atoms with Crippen molar-refractivity contribution in [2.75, 3.05) is 0 Å². The highest BCUT2D eigenvalue weighted by atomic mass is 35.7. The summed E-state index contributed by atoms with van der Waals surface area (Å²) in [5.74, 6) is 1.59. The summed E-state index contributed by atoms with van der Waals surface area (Å²) >= 11 is 12.1. The van der Waals surface area contributed by atoms with Crippen LogP contribution in [-0.4, -0.2) is 14.5 Å². The van der Waals surface area contributed by atoms with Crippen molar-refractivity contribution in [1.29, 1.82) is 0 Å². The third-order valence-corrected chi connectivity index (χ3v) is 6.04. The molecule has 2 atom stereocenters. The minimum absolute atomic E-state index is 0.0655. The molecule has 0 N–H and O–H groups in total. The lowest BCUT2D eigenvalue weighted by molar-refractivity contribution is 0.101. The van der Waals surface area contributed by atoms with Gasteiger partial charge in [0.1, 0.15) is 15.7 Å². The lowest BCUT2D eigenvalue weighted by atomic mass is 9.82. The standard InChI is InChI=1S/C14H17Cl3O3S/c1-8-5-9(2)7-10(6-8)20-11-3-4-12(21(17,18)19)14(16)13(11)15/h3-4,8-10H,5-7H2,1-2H3. The summed E-state index contributed by atoms with van der Waals surface area (Å²) in [6.07, 6.45) is 3.16. The molecule has 2 unspecified atom stereocenters. The van der Waals surface area contributed by atoms with Crippen LogP contribution in [0.1, 0.15) is 33.1 Å². The third kappa shape index (κ3) is 4.19. The monoisotopic (exact) mass is 370 g/mol. The predicted molar refractivity (Wildman–Crippen MR) is 86.1 cm³/mol. The first-order valence-electron chi connectivity index (χ1n) is 6.77. The summed E-state index contributed by atoms with van der Waals surface area (Å²) in [5, 5.41) is -0.00894. The highest BCUT2D eigenvalue weighted by Crippen LogP contribution is 2.40. The van der Waals surface area contributed by atoms with Gasteiger partial charge in [0.15, 0.2) is 0 Å². The molecule has 0 heterocycles. The smallest absolute Gasteiger partial charge is 0.262 e. The van der Waals surface area contributed by atoms with Crippen molar-refractivity contribution in [3.05, 3.63) is 22.2 Å². The number of hydrogen-bond acceptors (Lipinski definition) is 3. The van der Waals surface area contributed by atoms with Gasteiger partial charge in [-0.1, -0.05) is 37.0 Å². The Morgan fingerprint density at radius 2 is 1.62 bits per heavy atom. The van der Waals surface area contributed by atoms with Crippen LogP contribution in [-0.2, 0) is 9.05 Å². The van der Waals surface area contributed by atoms with Crippen molar-refractivity contribution in [2.24, 2.45) is 11.8 Å². The van der Waals surface area contributed by atoms with Crippen molar-refractivity contribution >= 4 is 42.9 Å². The lowest BCUT2D eigenvalue weighted by Gasteiger charge is -2.32. The Kier molecular flexibility index (Phi) is 5.35. The van der Waals surface area contributed by atoms with Gasteiger partial charge in [-0.25, -0.2) is 8.42 Å². The third-order valence-electron chi connectivity index (χ3n) is 3.70. The van der Waals surface area contributed by atoms with Gasteiger partial charge in [-0.3, -0.25) is 0 Å². The average molecular weight is 372 g/mol. The first-order chi connectivity index (χ1) is 9.68. The summed E-state index contributed by atoms with van der Waals surface area (Å²) in [4.78, 5) is -0.200. The summed E-state index contributed by atoms with van der Waals surface area (Å²) < 4.78 is 28.7. The molecule has 1 aromatic carbocycles. The maximum atomic E-state index is 11.4. The highest BCUT2D eigenvalue weighted by Gasteiger charge is 2.27. The van der Waals surface area contributed by atoms with Crippen LogP contribution in [0, 0.1) is 11.8 Å². The van der Waals surface area contributed by atoms with Crippen molar-refractivity contribution in [2.45, 2.75) is 44.1 Å². The van der Waals surface area contributed by atoms with Crippen LogP contribution < -0.4 is 4.74 Å². The second kappa shape index (κ2) is 6.53. The fourth-order valence-electron chi connectivity index (χ4n) is 2.94. The number of rotatable bonds is 3. The van der Waals surface area contributed by atoms with Gasteiger partial charge in [-0.05, 0) is 43.2 Å². The van der Waals surface area contributed by atoms with E-state index < -0.39 is 9.05 Å². The molecule has 1 aliphatic rings. The van der Waals surface area contributed by atoms with Crippen LogP contribution in [0.2, 0.25) is 10.0 Å². The predicted octanol–water partition coefficient (Wildman–Crippen LogP) is 5.12. The highest BCUT2D eigenvalue weighted by molar-refractivity contribution is 8.13. The van der Waals surface area contributed by atoms with Crippen molar-refractivity contribution in [3.8, 4) is 5.75 Å². The van der Waals surface area contributed by atoms with Crippen LogP contribution in [0.25, 0.3) is 0 Å². The van der Waals surface area contributed by atoms with Crippen molar-refractivity contribution in [1.82, 2.24) is 0 Å². The zero-order chi connectivity index (χ0) is 15.8. The molecule has 0 amide bonds. The molecule has 0 bridgehead atoms. The van der Waals surface area contributed by atoms with E-state index >= 15 is 0 Å². The van der Waals surface area contributed by atoms with Crippen LogP contribution in [0.4, 0.5) is 0 Å². The number of benzene rings is 1. The van der Waals surface area contributed by atoms with E-state index in [1.165, 1.54) is 18.6 Å². The van der Waals surface area contributed by atoms with E-state index in [0.717, 1.165) is 12.8 Å². The molecule has 0 aromatic heterocycles. The van der Waals surface area contributed by atoms with Gasteiger partial charge in [0.05, 0.1) is 11.1 Å². The Labute approximate surface area is 139 Å². The Balaban J connectivity index is 2.24. The molecule has 118 valence electrons. The number of halogens is 3. The second-order valence-electron chi connectivity index (χ2n) is 5.78. The van der Waals surface area contributed by atoms with E-state index in [9.17, 15) is 8.42 Å². The van der Waals surface area contributed by atoms with Crippen LogP contribution in [0.5, 0.6) is 5.75 Å². The molecule has 1 saturated carbocycles. The fraction of sp³-hybridized carbons (Fsp3) is 0.571. The lowest BCUT2D eigenvalue weighted by Crippen LogP contribution is -2.28. The summed E-state index contributed by atoms with van der Waals surface area (Å²) in [5.41, 5.74) is 0. The quantitative estimate of drug-likeness (QED) is 0.692. The Hall–Kier alpha value is -0.160. The van der Waals surface area contributed by atoms with E-state index in [0.29, 0.717) is 17.6 Å². The molecule has 1 aromatic rings. The summed E-state index contributed by atoms with van der Waals surface area (Å²) in [7, 11) is 1.38. The van der Waals surface area contributed by atoms with E-state index in [1.54, 1.807) is 0 Å². The maximum Gasteiger partial charge on any atom is 0.262 e. The van der Waals surface area contributed by atoms with Crippen LogP contribution >= 0.6 is 33.9 Å². The van der Waals surface area contributed by atoms with E-state index in [2.05, 4.69) is 13.8 Å². The largest absolute Gasteiger partial charge is 0.489 e. The van der Waals surface area contributed by atoms with Gasteiger partial charge in [0.2, 0.25) is 0 Å². The van der Waals surface area contributed by atoms with Crippen molar-refractivity contribution < 1.29 is 13.2 Å². The molecular weight excluding hydrogens is 355 g/mol. The van der Waals surface area contributed by atoms with Crippen LogP contribution in [0.15, 0.2) is 17.0 Å². The zero-order valence-corrected chi connectivity index (χ0v) is 14.9. The fourth-order valence-corrected chi connectivity index (χ4v) is 4.72. The molecule has 0 saturated heterocycles. The van der Waals surface area contributed by atoms with E-state index in [4.69, 9.17) is 38.6 Å². The molecule has 1 fully saturated rings. The van der Waals surface area contributed by atoms with Gasteiger partial charge in [0.25, 0.3) is 9.05 Å². The van der Waals surface area contributed by atoms with Crippen LogP contribution in [0.3, 0.4) is 0 Å². The Morgan fingerprint density at radius 3 is 2.14 bits per heavy atom. The SMILES string of the molecule is CC1CC(C)CC(Oc2ccc(S(=O)(=O)Cl)c(Cl)c2Cl)C1. The van der Waals surface area contributed by atoms with Crippen molar-refractivity contribution in [3.63, 3.8) is 0 Å². The molecular formula is C14H17Cl3O3S. The molecule has 1 aliphatic carbocycles. The number of hydrogen-bond donors (Lipinski definition) is 0. The minimum Gasteiger partial charge on any atom is -0.489 e. The minimum atomic E-state index is -3.92. The van der Waals surface area contributed by atoms with E-state index in [1.807, 2.05) is 0 Å². The first kappa shape index (κ1) is 17.2. The van der Waals surface area contributed by atoms with E-state index in [-0.39, 0.29) is 21.0 Å². The Morgan fingerprint density at radius 1 is 1.05 bits per heavy atom. The molecule has 0 spiro atoms.